The largest absolute Gasteiger partial charge is 0.501 e. The van der Waals surface area contributed by atoms with Crippen molar-refractivity contribution in [3.63, 3.8) is 0 Å². The van der Waals surface area contributed by atoms with Gasteiger partial charge in [0.15, 0.2) is 0 Å². The fourth-order valence-electron chi connectivity index (χ4n) is 5.90. The van der Waals surface area contributed by atoms with Crippen LogP contribution >= 0.6 is 0 Å². The Morgan fingerprint density at radius 2 is 1.32 bits per heavy atom. The standard InChI is InChI=1S/C24H16NO.C19H16N.Ir/c1-2-7-17(8-3-1)15-18-13-14-25-22(16-18)21-11-6-10-20-19-9-4-5-12-23(19)26-24(20)21;1-15(16-9-3-2-4-10-16)17-11-5-6-12-18(17)19-13-7-8-14-20-19;/h1-10,12-14,16H,15H2;2-11,13-15H,1H3;/q2*-1;. The van der Waals surface area contributed by atoms with Crippen molar-refractivity contribution in [3.8, 4) is 22.5 Å². The van der Waals surface area contributed by atoms with E-state index in [0.717, 1.165) is 50.9 Å². The van der Waals surface area contributed by atoms with Gasteiger partial charge in [-0.15, -0.1) is 53.6 Å². The molecule has 4 heteroatoms. The molecule has 0 bridgehead atoms. The van der Waals surface area contributed by atoms with Crippen LogP contribution in [0.1, 0.15) is 35.1 Å². The fourth-order valence-corrected chi connectivity index (χ4v) is 5.90. The van der Waals surface area contributed by atoms with Gasteiger partial charge in [-0.1, -0.05) is 115 Å². The molecule has 3 heterocycles. The van der Waals surface area contributed by atoms with E-state index in [-0.39, 0.29) is 20.1 Å². The van der Waals surface area contributed by atoms with Gasteiger partial charge in [0.2, 0.25) is 0 Å². The first-order chi connectivity index (χ1) is 22.7. The van der Waals surface area contributed by atoms with E-state index < -0.39 is 0 Å². The molecule has 0 N–H and O–H groups in total. The summed E-state index contributed by atoms with van der Waals surface area (Å²) in [5.41, 5.74) is 10.7. The van der Waals surface area contributed by atoms with Crippen molar-refractivity contribution >= 4 is 21.9 Å². The summed E-state index contributed by atoms with van der Waals surface area (Å²) in [5, 5.41) is 2.22. The Kier molecular flexibility index (Phi) is 10.1. The van der Waals surface area contributed by atoms with Gasteiger partial charge in [0, 0.05) is 37.9 Å². The molecule has 0 saturated heterocycles. The third-order valence-corrected chi connectivity index (χ3v) is 8.25. The van der Waals surface area contributed by atoms with Crippen molar-refractivity contribution in [2.24, 2.45) is 0 Å². The van der Waals surface area contributed by atoms with Crippen molar-refractivity contribution in [2.75, 3.05) is 0 Å². The zero-order chi connectivity index (χ0) is 31.1. The van der Waals surface area contributed by atoms with Crippen LogP contribution in [0.15, 0.2) is 162 Å². The molecule has 0 aliphatic heterocycles. The summed E-state index contributed by atoms with van der Waals surface area (Å²) in [6, 6.07) is 56.1. The maximum absolute atomic E-state index is 6.12. The Morgan fingerprint density at radius 3 is 2.13 bits per heavy atom. The fraction of sp³-hybridized carbons (Fsp3) is 0.0698. The predicted molar refractivity (Wildman–Crippen MR) is 188 cm³/mol. The number of rotatable bonds is 6. The number of fused-ring (bicyclic) bond motifs is 3. The first kappa shape index (κ1) is 31.8. The molecular weight excluding hydrogens is 753 g/mol. The summed E-state index contributed by atoms with van der Waals surface area (Å²) in [6.07, 6.45) is 4.57. The SMILES string of the molecule is CC(c1ccccc1)c1ccc[c-]c1-c1ccccn1.[Ir].[c-]1ccc2c(oc3ccccc32)c1-c1cc(Cc2ccccc2)ccn1. The van der Waals surface area contributed by atoms with Crippen LogP contribution in [0.2, 0.25) is 0 Å². The second-order valence-corrected chi connectivity index (χ2v) is 11.3. The molecule has 1 atom stereocenters. The molecular formula is C43H32IrN2O-2. The molecule has 0 fully saturated rings. The minimum absolute atomic E-state index is 0. The van der Waals surface area contributed by atoms with E-state index in [9.17, 15) is 0 Å². The normalized spacial score (nSPS) is 11.3. The molecule has 1 unspecified atom stereocenters. The number of benzene rings is 5. The van der Waals surface area contributed by atoms with Crippen LogP contribution in [0.3, 0.4) is 0 Å². The summed E-state index contributed by atoms with van der Waals surface area (Å²) in [7, 11) is 0. The minimum atomic E-state index is 0. The van der Waals surface area contributed by atoms with E-state index in [1.54, 1.807) is 0 Å². The minimum Gasteiger partial charge on any atom is -0.501 e. The van der Waals surface area contributed by atoms with Gasteiger partial charge in [0.1, 0.15) is 5.58 Å². The predicted octanol–water partition coefficient (Wildman–Crippen LogP) is 10.7. The number of hydrogen-bond donors (Lipinski definition) is 0. The van der Waals surface area contributed by atoms with Gasteiger partial charge >= 0.3 is 0 Å². The van der Waals surface area contributed by atoms with Crippen molar-refractivity contribution in [2.45, 2.75) is 19.3 Å². The molecule has 3 nitrogen and oxygen atoms in total. The quantitative estimate of drug-likeness (QED) is 0.158. The average Bonchev–Trinajstić information content (AvgIpc) is 3.52. The van der Waals surface area contributed by atoms with E-state index in [0.29, 0.717) is 5.92 Å². The zero-order valence-corrected chi connectivity index (χ0v) is 28.3. The van der Waals surface area contributed by atoms with Crippen molar-refractivity contribution in [1.82, 2.24) is 9.97 Å². The monoisotopic (exact) mass is 785 g/mol. The molecule has 0 saturated carbocycles. The molecule has 8 rings (SSSR count). The smallest absolute Gasteiger partial charge is 0.120 e. The molecule has 231 valence electrons. The average molecular weight is 785 g/mol. The Morgan fingerprint density at radius 1 is 0.596 bits per heavy atom. The Bertz CT molecular complexity index is 2200. The van der Waals surface area contributed by atoms with Crippen LogP contribution in [-0.4, -0.2) is 9.97 Å². The first-order valence-electron chi connectivity index (χ1n) is 15.5. The van der Waals surface area contributed by atoms with Gasteiger partial charge < -0.3 is 14.4 Å². The third kappa shape index (κ3) is 7.15. The van der Waals surface area contributed by atoms with Crippen LogP contribution in [0.25, 0.3) is 44.5 Å². The molecule has 0 aliphatic rings. The maximum atomic E-state index is 6.12. The summed E-state index contributed by atoms with van der Waals surface area (Å²) >= 11 is 0. The molecule has 0 spiro atoms. The van der Waals surface area contributed by atoms with Crippen molar-refractivity contribution in [3.05, 3.63) is 192 Å². The van der Waals surface area contributed by atoms with Crippen LogP contribution < -0.4 is 0 Å². The Balaban J connectivity index is 0.000000167. The van der Waals surface area contributed by atoms with Crippen molar-refractivity contribution in [1.29, 1.82) is 0 Å². The molecule has 8 aromatic rings. The number of hydrogen-bond acceptors (Lipinski definition) is 3. The van der Waals surface area contributed by atoms with Crippen molar-refractivity contribution < 1.29 is 24.5 Å². The second kappa shape index (κ2) is 15.0. The summed E-state index contributed by atoms with van der Waals surface area (Å²) in [5.74, 6) is 0.325. The van der Waals surface area contributed by atoms with E-state index in [1.807, 2.05) is 79.1 Å². The number of pyridine rings is 2. The van der Waals surface area contributed by atoms with Crippen LogP contribution in [-0.2, 0) is 26.5 Å². The molecule has 47 heavy (non-hydrogen) atoms. The van der Waals surface area contributed by atoms with Gasteiger partial charge in [-0.2, -0.15) is 0 Å². The molecule has 0 amide bonds. The summed E-state index contributed by atoms with van der Waals surface area (Å²) < 4.78 is 6.12. The summed E-state index contributed by atoms with van der Waals surface area (Å²) in [6.45, 7) is 2.23. The van der Waals surface area contributed by atoms with E-state index in [1.165, 1.54) is 22.3 Å². The maximum Gasteiger partial charge on any atom is 0.120 e. The van der Waals surface area contributed by atoms with Gasteiger partial charge in [0.25, 0.3) is 0 Å². The van der Waals surface area contributed by atoms with E-state index >= 15 is 0 Å². The molecule has 5 aromatic carbocycles. The first-order valence-corrected chi connectivity index (χ1v) is 15.5. The van der Waals surface area contributed by atoms with Crippen LogP contribution in [0.4, 0.5) is 0 Å². The van der Waals surface area contributed by atoms with Gasteiger partial charge in [0.05, 0.1) is 5.58 Å². The summed E-state index contributed by atoms with van der Waals surface area (Å²) in [4.78, 5) is 9.03. The Labute approximate surface area is 289 Å². The molecule has 1 radical (unpaired) electrons. The topological polar surface area (TPSA) is 38.9 Å². The number of nitrogens with zero attached hydrogens (tertiary/aromatic N) is 2. The Hall–Kier alpha value is -5.15. The number of para-hydroxylation sites is 1. The van der Waals surface area contributed by atoms with Gasteiger partial charge in [-0.25, -0.2) is 0 Å². The second-order valence-electron chi connectivity index (χ2n) is 11.3. The molecule has 3 aromatic heterocycles. The third-order valence-electron chi connectivity index (χ3n) is 8.25. The number of aromatic nitrogens is 2. The van der Waals surface area contributed by atoms with E-state index in [4.69, 9.17) is 4.42 Å². The number of furan rings is 1. The molecule has 0 aliphatic carbocycles. The van der Waals surface area contributed by atoms with Gasteiger partial charge in [-0.05, 0) is 58.6 Å². The van der Waals surface area contributed by atoms with Crippen LogP contribution in [0.5, 0.6) is 0 Å². The van der Waals surface area contributed by atoms with E-state index in [2.05, 4.69) is 108 Å². The van der Waals surface area contributed by atoms with Crippen LogP contribution in [0, 0.1) is 12.1 Å². The van der Waals surface area contributed by atoms with Gasteiger partial charge in [-0.3, -0.25) is 0 Å². The zero-order valence-electron chi connectivity index (χ0n) is 25.9.